The smallest absolute Gasteiger partial charge is 0.0104 e. The van der Waals surface area contributed by atoms with E-state index >= 15 is 0 Å². The molecule has 1 N–H and O–H groups in total. The fraction of sp³-hybridized carbons (Fsp3) is 1.00. The fourth-order valence-corrected chi connectivity index (χ4v) is 2.06. The third-order valence-electron chi connectivity index (χ3n) is 3.45. The van der Waals surface area contributed by atoms with Crippen molar-refractivity contribution in [1.29, 1.82) is 0 Å². The van der Waals surface area contributed by atoms with Gasteiger partial charge in [-0.2, -0.15) is 0 Å². The van der Waals surface area contributed by atoms with E-state index < -0.39 is 0 Å². The van der Waals surface area contributed by atoms with Crippen LogP contribution in [-0.4, -0.2) is 63.7 Å². The van der Waals surface area contributed by atoms with Gasteiger partial charge >= 0.3 is 0 Å². The van der Waals surface area contributed by atoms with Crippen LogP contribution in [0, 0.1) is 11.8 Å². The second kappa shape index (κ2) is 7.25. The van der Waals surface area contributed by atoms with Gasteiger partial charge in [0.2, 0.25) is 0 Å². The van der Waals surface area contributed by atoms with E-state index in [4.69, 9.17) is 0 Å². The lowest BCUT2D eigenvalue weighted by atomic mass is 10.3. The van der Waals surface area contributed by atoms with Crippen LogP contribution in [0.4, 0.5) is 0 Å². The van der Waals surface area contributed by atoms with Crippen molar-refractivity contribution in [2.75, 3.05) is 53.9 Å². The maximum Gasteiger partial charge on any atom is 0.0104 e. The maximum absolute atomic E-state index is 3.51. The third-order valence-corrected chi connectivity index (χ3v) is 3.45. The molecular weight excluding hydrogens is 198 g/mol. The first kappa shape index (κ1) is 13.9. The number of hydrogen-bond acceptors (Lipinski definition) is 3. The van der Waals surface area contributed by atoms with Crippen molar-refractivity contribution in [3.63, 3.8) is 0 Å². The van der Waals surface area contributed by atoms with Crippen molar-refractivity contribution in [2.24, 2.45) is 11.8 Å². The Morgan fingerprint density at radius 3 is 2.38 bits per heavy atom. The first-order valence-corrected chi connectivity index (χ1v) is 6.63. The second-order valence-electron chi connectivity index (χ2n) is 5.64. The quantitative estimate of drug-likeness (QED) is 0.596. The van der Waals surface area contributed by atoms with Crippen LogP contribution in [0.5, 0.6) is 0 Å². The van der Waals surface area contributed by atoms with E-state index in [1.54, 1.807) is 0 Å². The normalized spacial score (nSPS) is 24.4. The van der Waals surface area contributed by atoms with E-state index in [0.717, 1.165) is 24.9 Å². The Hall–Kier alpha value is -0.120. The van der Waals surface area contributed by atoms with Crippen LogP contribution in [0.2, 0.25) is 0 Å². The largest absolute Gasteiger partial charge is 0.315 e. The summed E-state index contributed by atoms with van der Waals surface area (Å²) in [6.45, 7) is 8.29. The first-order chi connectivity index (χ1) is 7.59. The topological polar surface area (TPSA) is 18.5 Å². The molecule has 0 heterocycles. The van der Waals surface area contributed by atoms with Gasteiger partial charge in [0.25, 0.3) is 0 Å². The number of hydrogen-bond donors (Lipinski definition) is 1. The average molecular weight is 227 g/mol. The van der Waals surface area contributed by atoms with Crippen LogP contribution in [0.1, 0.15) is 19.8 Å². The Bertz CT molecular complexity index is 182. The van der Waals surface area contributed by atoms with Crippen LogP contribution >= 0.6 is 0 Å². The van der Waals surface area contributed by atoms with E-state index in [0.29, 0.717) is 0 Å². The molecule has 0 radical (unpaired) electrons. The van der Waals surface area contributed by atoms with Gasteiger partial charge in [0.1, 0.15) is 0 Å². The monoisotopic (exact) mass is 227 g/mol. The highest BCUT2D eigenvalue weighted by molar-refractivity contribution is 4.84. The summed E-state index contributed by atoms with van der Waals surface area (Å²) in [5.74, 6) is 1.97. The van der Waals surface area contributed by atoms with E-state index in [-0.39, 0.29) is 0 Å². The first-order valence-electron chi connectivity index (χ1n) is 6.63. The van der Waals surface area contributed by atoms with Crippen LogP contribution < -0.4 is 5.32 Å². The van der Waals surface area contributed by atoms with Gasteiger partial charge in [0.05, 0.1) is 0 Å². The molecule has 0 aromatic heterocycles. The van der Waals surface area contributed by atoms with Crippen molar-refractivity contribution in [3.05, 3.63) is 0 Å². The second-order valence-corrected chi connectivity index (χ2v) is 5.64. The summed E-state index contributed by atoms with van der Waals surface area (Å²) in [4.78, 5) is 4.70. The van der Waals surface area contributed by atoms with Crippen LogP contribution in [0.15, 0.2) is 0 Å². The minimum absolute atomic E-state index is 0.982. The zero-order valence-electron chi connectivity index (χ0n) is 11.5. The summed E-state index contributed by atoms with van der Waals surface area (Å²) in [5, 5.41) is 3.51. The van der Waals surface area contributed by atoms with Gasteiger partial charge in [-0.3, -0.25) is 0 Å². The molecule has 0 amide bonds. The molecule has 0 aromatic rings. The molecule has 0 aromatic carbocycles. The highest BCUT2D eigenvalue weighted by Gasteiger charge is 2.32. The maximum atomic E-state index is 3.51. The third kappa shape index (κ3) is 6.46. The summed E-state index contributed by atoms with van der Waals surface area (Å²) in [7, 11) is 6.50. The van der Waals surface area contributed by atoms with E-state index in [1.165, 1.54) is 32.5 Å². The van der Waals surface area contributed by atoms with Gasteiger partial charge in [0.15, 0.2) is 0 Å². The summed E-state index contributed by atoms with van der Waals surface area (Å²) in [5.41, 5.74) is 0. The Labute approximate surface area is 101 Å². The summed E-state index contributed by atoms with van der Waals surface area (Å²) in [6.07, 6.45) is 2.69. The minimum atomic E-state index is 0.982. The molecule has 0 aliphatic heterocycles. The van der Waals surface area contributed by atoms with Gasteiger partial charge in [-0.05, 0) is 58.9 Å². The molecule has 1 rings (SSSR count). The molecule has 2 unspecified atom stereocenters. The SMILES string of the molecule is CC1CC1CN(C)CCNCCCN(C)C. The molecule has 0 saturated heterocycles. The van der Waals surface area contributed by atoms with Crippen molar-refractivity contribution >= 4 is 0 Å². The number of nitrogens with one attached hydrogen (secondary N) is 1. The lowest BCUT2D eigenvalue weighted by Crippen LogP contribution is -2.32. The highest BCUT2D eigenvalue weighted by Crippen LogP contribution is 2.37. The molecule has 1 fully saturated rings. The average Bonchev–Trinajstić information content (AvgIpc) is 2.87. The van der Waals surface area contributed by atoms with Crippen LogP contribution in [0.3, 0.4) is 0 Å². The van der Waals surface area contributed by atoms with Gasteiger partial charge < -0.3 is 15.1 Å². The van der Waals surface area contributed by atoms with Crippen LogP contribution in [0.25, 0.3) is 0 Å². The zero-order chi connectivity index (χ0) is 12.0. The summed E-state index contributed by atoms with van der Waals surface area (Å²) >= 11 is 0. The molecule has 1 saturated carbocycles. The van der Waals surface area contributed by atoms with E-state index in [9.17, 15) is 0 Å². The molecule has 16 heavy (non-hydrogen) atoms. The molecule has 0 bridgehead atoms. The van der Waals surface area contributed by atoms with Crippen molar-refractivity contribution in [3.8, 4) is 0 Å². The number of nitrogens with zero attached hydrogens (tertiary/aromatic N) is 2. The predicted molar refractivity (Wildman–Crippen MR) is 70.8 cm³/mol. The Balaban J connectivity index is 1.83. The molecule has 2 atom stereocenters. The standard InChI is InChI=1S/C13H29N3/c1-12-10-13(12)11-16(4)9-7-14-6-5-8-15(2)3/h12-14H,5-11H2,1-4H3. The van der Waals surface area contributed by atoms with Crippen molar-refractivity contribution in [1.82, 2.24) is 15.1 Å². The summed E-state index contributed by atoms with van der Waals surface area (Å²) < 4.78 is 0. The number of rotatable bonds is 9. The van der Waals surface area contributed by atoms with Crippen LogP contribution in [-0.2, 0) is 0 Å². The van der Waals surface area contributed by atoms with Gasteiger partial charge in [0, 0.05) is 19.6 Å². The van der Waals surface area contributed by atoms with Gasteiger partial charge in [-0.15, -0.1) is 0 Å². The molecule has 0 spiro atoms. The summed E-state index contributed by atoms with van der Waals surface area (Å²) in [6, 6.07) is 0. The fourth-order valence-electron chi connectivity index (χ4n) is 2.06. The Kier molecular flexibility index (Phi) is 6.32. The predicted octanol–water partition coefficient (Wildman–Crippen LogP) is 1.12. The molecule has 3 heteroatoms. The van der Waals surface area contributed by atoms with Crippen molar-refractivity contribution < 1.29 is 0 Å². The van der Waals surface area contributed by atoms with Gasteiger partial charge in [-0.1, -0.05) is 6.92 Å². The molecule has 96 valence electrons. The Morgan fingerprint density at radius 2 is 1.81 bits per heavy atom. The number of likely N-dealkylation sites (N-methyl/N-ethyl adjacent to an activating group) is 1. The molecule has 1 aliphatic rings. The molecule has 1 aliphatic carbocycles. The lowest BCUT2D eigenvalue weighted by molar-refractivity contribution is 0.311. The van der Waals surface area contributed by atoms with E-state index in [2.05, 4.69) is 43.2 Å². The highest BCUT2D eigenvalue weighted by atomic mass is 15.1. The van der Waals surface area contributed by atoms with Crippen molar-refractivity contribution in [2.45, 2.75) is 19.8 Å². The Morgan fingerprint density at radius 1 is 1.12 bits per heavy atom. The zero-order valence-corrected chi connectivity index (χ0v) is 11.5. The molecule has 3 nitrogen and oxygen atoms in total. The molecular formula is C13H29N3. The van der Waals surface area contributed by atoms with Gasteiger partial charge in [-0.25, -0.2) is 0 Å². The lowest BCUT2D eigenvalue weighted by Gasteiger charge is -2.17. The van der Waals surface area contributed by atoms with E-state index in [1.807, 2.05) is 0 Å². The minimum Gasteiger partial charge on any atom is -0.315 e.